The Labute approximate surface area is 204 Å². The lowest BCUT2D eigenvalue weighted by Crippen LogP contribution is -2.19. The van der Waals surface area contributed by atoms with Gasteiger partial charge in [0.25, 0.3) is 5.56 Å². The number of carbonyl (C=O) groups is 1. The van der Waals surface area contributed by atoms with Crippen LogP contribution in [0.25, 0.3) is 27.5 Å². The number of aromatic nitrogens is 3. The Morgan fingerprint density at radius 1 is 1.08 bits per heavy atom. The van der Waals surface area contributed by atoms with Crippen LogP contribution < -0.4 is 10.9 Å². The summed E-state index contributed by atoms with van der Waals surface area (Å²) >= 11 is 0. The molecule has 0 unspecified atom stereocenters. The van der Waals surface area contributed by atoms with Gasteiger partial charge in [-0.15, -0.1) is 0 Å². The number of halogens is 3. The van der Waals surface area contributed by atoms with Gasteiger partial charge in [0.15, 0.2) is 0 Å². The van der Waals surface area contributed by atoms with Crippen molar-refractivity contribution in [2.45, 2.75) is 19.0 Å². The number of likely N-dealkylation sites (tertiary alicyclic amines) is 1. The van der Waals surface area contributed by atoms with Crippen LogP contribution in [0.4, 0.5) is 18.9 Å². The number of anilines is 1. The van der Waals surface area contributed by atoms with Crippen LogP contribution in [0.5, 0.6) is 0 Å². The van der Waals surface area contributed by atoms with Crippen LogP contribution in [0.15, 0.2) is 65.6 Å². The van der Waals surface area contributed by atoms with Gasteiger partial charge in [0.05, 0.1) is 16.5 Å². The fourth-order valence-electron chi connectivity index (χ4n) is 4.59. The molecule has 186 valence electrons. The van der Waals surface area contributed by atoms with Crippen LogP contribution >= 0.6 is 0 Å². The maximum Gasteiger partial charge on any atom is 0.416 e. The molecule has 0 radical (unpaired) electrons. The summed E-state index contributed by atoms with van der Waals surface area (Å²) in [4.78, 5) is 28.1. The zero-order chi connectivity index (χ0) is 25.4. The van der Waals surface area contributed by atoms with E-state index in [1.165, 1.54) is 40.3 Å². The lowest BCUT2D eigenvalue weighted by atomic mass is 10.1. The fraction of sp³-hybridized carbons (Fsp3) is 0.269. The van der Waals surface area contributed by atoms with E-state index in [1.54, 1.807) is 31.4 Å². The molecule has 1 N–H and O–H groups in total. The molecule has 3 heterocycles. The predicted molar refractivity (Wildman–Crippen MR) is 132 cm³/mol. The van der Waals surface area contributed by atoms with Crippen LogP contribution in [-0.2, 0) is 18.0 Å². The van der Waals surface area contributed by atoms with E-state index in [4.69, 9.17) is 0 Å². The summed E-state index contributed by atoms with van der Waals surface area (Å²) < 4.78 is 42.0. The van der Waals surface area contributed by atoms with Crippen LogP contribution in [0.3, 0.4) is 0 Å². The molecular weight excluding hydrogens is 471 g/mol. The van der Waals surface area contributed by atoms with Crippen molar-refractivity contribution >= 4 is 33.4 Å². The highest BCUT2D eigenvalue weighted by Gasteiger charge is 2.30. The number of aryl methyl sites for hydroxylation is 1. The first-order valence-corrected chi connectivity index (χ1v) is 11.6. The molecule has 5 rings (SSSR count). The fourth-order valence-corrected chi connectivity index (χ4v) is 4.59. The van der Waals surface area contributed by atoms with Crippen molar-refractivity contribution in [3.8, 4) is 5.69 Å². The van der Waals surface area contributed by atoms with Gasteiger partial charge < -0.3 is 5.32 Å². The smallest absolute Gasteiger partial charge is 0.322 e. The van der Waals surface area contributed by atoms with Crippen molar-refractivity contribution in [1.29, 1.82) is 0 Å². The Kier molecular flexibility index (Phi) is 6.13. The molecule has 36 heavy (non-hydrogen) atoms. The molecule has 10 heteroatoms. The quantitative estimate of drug-likeness (QED) is 0.415. The number of benzene rings is 2. The van der Waals surface area contributed by atoms with E-state index in [0.717, 1.165) is 31.8 Å². The van der Waals surface area contributed by atoms with E-state index in [2.05, 4.69) is 15.3 Å². The molecule has 2 aromatic carbocycles. The highest BCUT2D eigenvalue weighted by atomic mass is 19.4. The minimum Gasteiger partial charge on any atom is -0.322 e. The van der Waals surface area contributed by atoms with Gasteiger partial charge in [-0.1, -0.05) is 6.08 Å². The van der Waals surface area contributed by atoms with Gasteiger partial charge in [0, 0.05) is 42.6 Å². The zero-order valence-electron chi connectivity index (χ0n) is 19.5. The van der Waals surface area contributed by atoms with E-state index in [9.17, 15) is 22.8 Å². The molecule has 4 aromatic rings. The summed E-state index contributed by atoms with van der Waals surface area (Å²) in [6.45, 7) is 2.80. The number of hydrogen-bond donors (Lipinski definition) is 1. The van der Waals surface area contributed by atoms with E-state index >= 15 is 0 Å². The van der Waals surface area contributed by atoms with Gasteiger partial charge in [-0.2, -0.15) is 18.3 Å². The Morgan fingerprint density at radius 3 is 2.50 bits per heavy atom. The van der Waals surface area contributed by atoms with Crippen LogP contribution in [0, 0.1) is 0 Å². The largest absolute Gasteiger partial charge is 0.416 e. The first-order valence-electron chi connectivity index (χ1n) is 11.6. The lowest BCUT2D eigenvalue weighted by Gasteiger charge is -2.14. The van der Waals surface area contributed by atoms with Gasteiger partial charge >= 0.3 is 6.18 Å². The summed E-state index contributed by atoms with van der Waals surface area (Å²) in [5.74, 6) is -0.276. The van der Waals surface area contributed by atoms with Gasteiger partial charge in [-0.05, 0) is 68.4 Å². The molecule has 0 atom stereocenters. The highest BCUT2D eigenvalue weighted by molar-refractivity contribution is 6.07. The van der Waals surface area contributed by atoms with Crippen molar-refractivity contribution in [3.05, 3.63) is 76.7 Å². The van der Waals surface area contributed by atoms with Gasteiger partial charge in [-0.3, -0.25) is 23.7 Å². The van der Waals surface area contributed by atoms with Gasteiger partial charge in [-0.25, -0.2) is 0 Å². The predicted octanol–water partition coefficient (Wildman–Crippen LogP) is 4.49. The molecule has 2 aromatic heterocycles. The van der Waals surface area contributed by atoms with Crippen molar-refractivity contribution < 1.29 is 18.0 Å². The number of rotatable bonds is 5. The maximum atomic E-state index is 13.3. The van der Waals surface area contributed by atoms with Crippen molar-refractivity contribution in [1.82, 2.24) is 19.2 Å². The molecule has 1 aliphatic rings. The van der Waals surface area contributed by atoms with Crippen molar-refractivity contribution in [2.75, 3.05) is 25.0 Å². The minimum atomic E-state index is -4.48. The third-order valence-corrected chi connectivity index (χ3v) is 6.31. The Balaban J connectivity index is 1.53. The van der Waals surface area contributed by atoms with E-state index in [0.29, 0.717) is 33.2 Å². The SMILES string of the molecule is Cn1cc2c(=O)n(-c3ccc(C(F)(F)F)cc3)c3ccc(NC(=O)/C=C/CN4CCCC4)cc3c2n1. The Morgan fingerprint density at radius 2 is 1.81 bits per heavy atom. The number of nitrogens with one attached hydrogen (secondary N) is 1. The molecule has 0 bridgehead atoms. The number of hydrogen-bond acceptors (Lipinski definition) is 4. The number of pyridine rings is 1. The first kappa shape index (κ1) is 23.8. The average molecular weight is 496 g/mol. The lowest BCUT2D eigenvalue weighted by molar-refractivity contribution is -0.137. The van der Waals surface area contributed by atoms with Gasteiger partial charge in [0.1, 0.15) is 5.52 Å². The van der Waals surface area contributed by atoms with Crippen molar-refractivity contribution in [3.63, 3.8) is 0 Å². The van der Waals surface area contributed by atoms with Crippen LogP contribution in [0.2, 0.25) is 0 Å². The molecule has 0 spiro atoms. The summed E-state index contributed by atoms with van der Waals surface area (Å²) in [5, 5.41) is 8.16. The second-order valence-corrected chi connectivity index (χ2v) is 8.88. The Bertz CT molecular complexity index is 1530. The summed E-state index contributed by atoms with van der Waals surface area (Å²) in [5.41, 5.74) is 0.531. The molecular formula is C26H24F3N5O2. The molecule has 1 amide bonds. The number of amides is 1. The highest BCUT2D eigenvalue weighted by Crippen LogP contribution is 2.31. The second kappa shape index (κ2) is 9.27. The average Bonchev–Trinajstić information content (AvgIpc) is 3.49. The third kappa shape index (κ3) is 4.64. The topological polar surface area (TPSA) is 72.2 Å². The van der Waals surface area contributed by atoms with Crippen LogP contribution in [0.1, 0.15) is 18.4 Å². The Hall–Kier alpha value is -3.92. The monoisotopic (exact) mass is 495 g/mol. The number of fused-ring (bicyclic) bond motifs is 3. The molecule has 1 aliphatic heterocycles. The summed E-state index contributed by atoms with van der Waals surface area (Å²) in [6, 6.07) is 9.47. The van der Waals surface area contributed by atoms with Crippen molar-refractivity contribution in [2.24, 2.45) is 7.05 Å². The summed E-state index contributed by atoms with van der Waals surface area (Å²) in [7, 11) is 1.69. The molecule has 7 nitrogen and oxygen atoms in total. The van der Waals surface area contributed by atoms with E-state index in [1.807, 2.05) is 6.08 Å². The normalized spacial score (nSPS) is 14.9. The summed E-state index contributed by atoms with van der Waals surface area (Å²) in [6.07, 6.45) is 2.79. The zero-order valence-corrected chi connectivity index (χ0v) is 19.5. The van der Waals surface area contributed by atoms with E-state index < -0.39 is 17.3 Å². The van der Waals surface area contributed by atoms with Gasteiger partial charge in [0.2, 0.25) is 5.91 Å². The number of nitrogens with zero attached hydrogens (tertiary/aromatic N) is 4. The van der Waals surface area contributed by atoms with E-state index in [-0.39, 0.29) is 5.91 Å². The molecule has 0 aliphatic carbocycles. The second-order valence-electron chi connectivity index (χ2n) is 8.88. The maximum absolute atomic E-state index is 13.3. The third-order valence-electron chi connectivity index (χ3n) is 6.31. The first-order chi connectivity index (χ1) is 17.2. The molecule has 0 saturated carbocycles. The molecule has 1 saturated heterocycles. The number of carbonyl (C=O) groups excluding carboxylic acids is 1. The standard InChI is InChI=1S/C26H24F3N5O2/c1-32-16-21-24(31-32)20-15-18(30-23(35)5-4-14-33-12-2-3-13-33)8-11-22(20)34(25(21)36)19-9-6-17(7-10-19)26(27,28)29/h4-11,15-16H,2-3,12-14H2,1H3,(H,30,35)/b5-4+. The minimum absolute atomic E-state index is 0.276. The molecule has 1 fully saturated rings. The number of alkyl halides is 3. The van der Waals surface area contributed by atoms with Crippen LogP contribution in [-0.4, -0.2) is 44.8 Å².